The predicted octanol–water partition coefficient (Wildman–Crippen LogP) is 3.56. The summed E-state index contributed by atoms with van der Waals surface area (Å²) >= 11 is 0. The Bertz CT molecular complexity index is 2050. The Morgan fingerprint density at radius 1 is 1.11 bits per heavy atom. The number of nitrogens with one attached hydrogen (secondary N) is 3. The van der Waals surface area contributed by atoms with Gasteiger partial charge in [0, 0.05) is 23.9 Å². The standard InChI is InChI=1S/C38H45N5O9S/c1-6-25-21-38(25,34(46)42-53(49,50)37(15-16-37)20-23-10-8-7-9-11-23)41-31(44)29-19-27(22-43(29)33(45)30(36(2,3)4)40-35(47)48)52-32-28-13-12-26(51-5)18-24(28)14-17-39-32/h6-14,17-18,25,27,29-30,40H,1,15-16,19-22H2,2-5H3,(H,41,44)(H,42,46)(H,47,48). The van der Waals surface area contributed by atoms with Crippen molar-refractivity contribution in [3.8, 4) is 11.6 Å². The Morgan fingerprint density at radius 3 is 2.43 bits per heavy atom. The molecule has 2 aromatic carbocycles. The fraction of sp³-hybridized carbons (Fsp3) is 0.447. The molecule has 1 saturated heterocycles. The van der Waals surface area contributed by atoms with Crippen molar-refractivity contribution in [2.24, 2.45) is 11.3 Å². The summed E-state index contributed by atoms with van der Waals surface area (Å²) in [6, 6.07) is 13.9. The first-order valence-corrected chi connectivity index (χ1v) is 19.0. The summed E-state index contributed by atoms with van der Waals surface area (Å²) in [6.07, 6.45) is 1.96. The topological polar surface area (TPSA) is 193 Å². The van der Waals surface area contributed by atoms with Gasteiger partial charge in [0.25, 0.3) is 5.91 Å². The van der Waals surface area contributed by atoms with Crippen LogP contribution in [0.4, 0.5) is 4.79 Å². The number of hydrogen-bond donors (Lipinski definition) is 4. The number of carboxylic acid groups (broad SMARTS) is 1. The SMILES string of the molecule is C=CC1CC1(NC(=O)C1CC(Oc2nccc3cc(OC)ccc23)CN1C(=O)C(NC(=O)O)C(C)(C)C)C(=O)NS(=O)(=O)C1(Cc2ccccc2)CC1. The molecule has 2 saturated carbocycles. The highest BCUT2D eigenvalue weighted by Gasteiger charge is 2.63. The number of nitrogens with zero attached hydrogens (tertiary/aromatic N) is 2. The van der Waals surface area contributed by atoms with Crippen LogP contribution in [0, 0.1) is 11.3 Å². The van der Waals surface area contributed by atoms with Gasteiger partial charge in [0.15, 0.2) is 0 Å². The number of carbonyl (C=O) groups is 4. The van der Waals surface area contributed by atoms with Crippen LogP contribution in [-0.4, -0.2) is 89.4 Å². The molecule has 53 heavy (non-hydrogen) atoms. The van der Waals surface area contributed by atoms with Gasteiger partial charge in [-0.2, -0.15) is 0 Å². The maximum absolute atomic E-state index is 14.3. The largest absolute Gasteiger partial charge is 0.497 e. The van der Waals surface area contributed by atoms with Crippen LogP contribution < -0.4 is 24.8 Å². The Kier molecular flexibility index (Phi) is 9.92. The molecule has 0 spiro atoms. The van der Waals surface area contributed by atoms with Gasteiger partial charge in [-0.25, -0.2) is 18.2 Å². The molecule has 4 amide bonds. The van der Waals surface area contributed by atoms with Gasteiger partial charge in [-0.05, 0) is 66.3 Å². The van der Waals surface area contributed by atoms with E-state index in [-0.39, 0.29) is 31.7 Å². The number of methoxy groups -OCH3 is 1. The van der Waals surface area contributed by atoms with E-state index in [0.29, 0.717) is 24.0 Å². The zero-order valence-corrected chi connectivity index (χ0v) is 30.9. The lowest BCUT2D eigenvalue weighted by molar-refractivity contribution is -0.142. The van der Waals surface area contributed by atoms with Crippen molar-refractivity contribution in [3.05, 3.63) is 79.0 Å². The van der Waals surface area contributed by atoms with Crippen LogP contribution in [0.25, 0.3) is 10.8 Å². The van der Waals surface area contributed by atoms with Crippen molar-refractivity contribution in [1.82, 2.24) is 25.2 Å². The molecule has 0 bridgehead atoms. The number of sulfonamides is 1. The molecule has 3 fully saturated rings. The monoisotopic (exact) mass is 747 g/mol. The molecular weight excluding hydrogens is 703 g/mol. The second-order valence-electron chi connectivity index (χ2n) is 15.2. The number of hydrogen-bond acceptors (Lipinski definition) is 9. The Labute approximate surface area is 308 Å². The summed E-state index contributed by atoms with van der Waals surface area (Å²) in [6.45, 7) is 8.78. The Morgan fingerprint density at radius 2 is 1.83 bits per heavy atom. The average molecular weight is 748 g/mol. The van der Waals surface area contributed by atoms with Crippen molar-refractivity contribution in [2.75, 3.05) is 13.7 Å². The van der Waals surface area contributed by atoms with Crippen LogP contribution in [0.3, 0.4) is 0 Å². The molecule has 5 atom stereocenters. The molecule has 4 N–H and O–H groups in total. The molecule has 3 aliphatic rings. The number of benzene rings is 2. The van der Waals surface area contributed by atoms with E-state index in [1.165, 1.54) is 11.0 Å². The van der Waals surface area contributed by atoms with Crippen molar-refractivity contribution in [2.45, 2.75) is 81.3 Å². The van der Waals surface area contributed by atoms with Crippen LogP contribution in [-0.2, 0) is 30.8 Å². The van der Waals surface area contributed by atoms with Gasteiger partial charge in [-0.15, -0.1) is 6.58 Å². The molecule has 1 aliphatic heterocycles. The van der Waals surface area contributed by atoms with Gasteiger partial charge >= 0.3 is 6.09 Å². The quantitative estimate of drug-likeness (QED) is 0.188. The van der Waals surface area contributed by atoms with Crippen LogP contribution >= 0.6 is 0 Å². The van der Waals surface area contributed by atoms with Gasteiger partial charge in [0.1, 0.15) is 29.5 Å². The van der Waals surface area contributed by atoms with E-state index >= 15 is 0 Å². The van der Waals surface area contributed by atoms with Gasteiger partial charge in [0.2, 0.25) is 27.7 Å². The summed E-state index contributed by atoms with van der Waals surface area (Å²) in [7, 11) is -2.60. The van der Waals surface area contributed by atoms with E-state index in [1.807, 2.05) is 36.4 Å². The van der Waals surface area contributed by atoms with Gasteiger partial charge in [0.05, 0.1) is 18.4 Å². The normalized spacial score (nSPS) is 23.7. The van der Waals surface area contributed by atoms with E-state index in [4.69, 9.17) is 9.47 Å². The molecular formula is C38H45N5O9S. The van der Waals surface area contributed by atoms with Crippen molar-refractivity contribution in [3.63, 3.8) is 0 Å². The molecule has 2 aliphatic carbocycles. The minimum atomic E-state index is -4.15. The zero-order valence-electron chi connectivity index (χ0n) is 30.1. The van der Waals surface area contributed by atoms with E-state index in [0.717, 1.165) is 10.9 Å². The minimum Gasteiger partial charge on any atom is -0.497 e. The van der Waals surface area contributed by atoms with E-state index in [1.54, 1.807) is 52.3 Å². The molecule has 14 nitrogen and oxygen atoms in total. The fourth-order valence-electron chi connectivity index (χ4n) is 7.13. The molecule has 3 aromatic rings. The van der Waals surface area contributed by atoms with E-state index < -0.39 is 73.6 Å². The van der Waals surface area contributed by atoms with Crippen molar-refractivity contribution >= 4 is 44.6 Å². The molecule has 0 radical (unpaired) electrons. The highest BCUT2D eigenvalue weighted by atomic mass is 32.2. The summed E-state index contributed by atoms with van der Waals surface area (Å²) in [5, 5.41) is 16.1. The van der Waals surface area contributed by atoms with E-state index in [2.05, 4.69) is 26.9 Å². The molecule has 2 heterocycles. The van der Waals surface area contributed by atoms with Gasteiger partial charge < -0.3 is 30.1 Å². The molecule has 1 aromatic heterocycles. The molecule has 15 heteroatoms. The Balaban J connectivity index is 1.26. The summed E-state index contributed by atoms with van der Waals surface area (Å²) in [5.74, 6) is -1.93. The fourth-order valence-corrected chi connectivity index (χ4v) is 8.77. The Hall–Kier alpha value is -5.18. The molecule has 282 valence electrons. The number of aromatic nitrogens is 1. The van der Waals surface area contributed by atoms with E-state index in [9.17, 15) is 32.7 Å². The summed E-state index contributed by atoms with van der Waals surface area (Å²) in [5.41, 5.74) is -1.68. The number of carbonyl (C=O) groups excluding carboxylic acids is 3. The number of fused-ring (bicyclic) bond motifs is 1. The zero-order chi connectivity index (χ0) is 38.3. The third-order valence-electron chi connectivity index (χ3n) is 10.5. The maximum atomic E-state index is 14.3. The first kappa shape index (κ1) is 37.6. The van der Waals surface area contributed by atoms with Crippen LogP contribution in [0.5, 0.6) is 11.6 Å². The number of amides is 4. The summed E-state index contributed by atoms with van der Waals surface area (Å²) < 4.78 is 40.1. The highest BCUT2D eigenvalue weighted by Crippen LogP contribution is 2.48. The summed E-state index contributed by atoms with van der Waals surface area (Å²) in [4.78, 5) is 59.8. The van der Waals surface area contributed by atoms with Crippen molar-refractivity contribution in [1.29, 1.82) is 0 Å². The second-order valence-corrected chi connectivity index (χ2v) is 17.3. The van der Waals surface area contributed by atoms with Crippen LogP contribution in [0.15, 0.2) is 73.4 Å². The lowest BCUT2D eigenvalue weighted by Crippen LogP contribution is -2.60. The maximum Gasteiger partial charge on any atom is 0.405 e. The third-order valence-corrected chi connectivity index (χ3v) is 12.6. The number of pyridine rings is 1. The van der Waals surface area contributed by atoms with Gasteiger partial charge in [-0.3, -0.25) is 19.1 Å². The second kappa shape index (κ2) is 14.0. The van der Waals surface area contributed by atoms with Crippen LogP contribution in [0.1, 0.15) is 52.0 Å². The molecule has 6 rings (SSSR count). The lowest BCUT2D eigenvalue weighted by atomic mass is 9.85. The number of rotatable bonds is 13. The first-order valence-electron chi connectivity index (χ1n) is 17.5. The third kappa shape index (κ3) is 7.52. The smallest absolute Gasteiger partial charge is 0.405 e. The first-order chi connectivity index (χ1) is 25.0. The average Bonchev–Trinajstić information content (AvgIpc) is 4.01. The number of ether oxygens (including phenoxy) is 2. The number of likely N-dealkylation sites (tertiary alicyclic amines) is 1. The van der Waals surface area contributed by atoms with Gasteiger partial charge in [-0.1, -0.05) is 57.2 Å². The lowest BCUT2D eigenvalue weighted by Gasteiger charge is -2.35. The van der Waals surface area contributed by atoms with Crippen molar-refractivity contribution < 1.29 is 42.2 Å². The predicted molar refractivity (Wildman–Crippen MR) is 196 cm³/mol. The minimum absolute atomic E-state index is 0.0231. The molecule has 5 unspecified atom stereocenters. The highest BCUT2D eigenvalue weighted by molar-refractivity contribution is 7.91. The van der Waals surface area contributed by atoms with Crippen LogP contribution in [0.2, 0.25) is 0 Å².